The number of aromatic nitrogens is 2. The van der Waals surface area contributed by atoms with Crippen LogP contribution in [0.25, 0.3) is 0 Å². The monoisotopic (exact) mass is 480 g/mol. The van der Waals surface area contributed by atoms with Crippen molar-refractivity contribution in [1.29, 1.82) is 0 Å². The molecule has 1 aromatic heterocycles. The SMILES string of the molecule is CCOc1ncnc(C)c1[C@H]1CC[C@@H](OC[C@@H]2NCCC[C@@H]2NS(=O)(=O)C(F)(F)F)CC1. The van der Waals surface area contributed by atoms with E-state index in [9.17, 15) is 21.6 Å². The van der Waals surface area contributed by atoms with Gasteiger partial charge >= 0.3 is 15.5 Å². The molecule has 32 heavy (non-hydrogen) atoms. The predicted octanol–water partition coefficient (Wildman–Crippen LogP) is 2.79. The van der Waals surface area contributed by atoms with E-state index in [1.54, 1.807) is 4.72 Å². The Morgan fingerprint density at radius 3 is 2.56 bits per heavy atom. The van der Waals surface area contributed by atoms with Gasteiger partial charge in [-0.15, -0.1) is 0 Å². The molecule has 2 heterocycles. The molecule has 2 fully saturated rings. The van der Waals surface area contributed by atoms with Crippen LogP contribution in [0.5, 0.6) is 5.88 Å². The summed E-state index contributed by atoms with van der Waals surface area (Å²) in [6, 6.07) is -1.36. The van der Waals surface area contributed by atoms with Crippen molar-refractivity contribution in [2.24, 2.45) is 0 Å². The molecule has 0 aromatic carbocycles. The summed E-state index contributed by atoms with van der Waals surface area (Å²) < 4.78 is 74.8. The van der Waals surface area contributed by atoms with Crippen molar-refractivity contribution in [1.82, 2.24) is 20.0 Å². The molecule has 0 unspecified atom stereocenters. The Labute approximate surface area is 186 Å². The minimum atomic E-state index is -5.39. The lowest BCUT2D eigenvalue weighted by molar-refractivity contribution is -0.0457. The molecule has 1 saturated heterocycles. The summed E-state index contributed by atoms with van der Waals surface area (Å²) in [5, 5.41) is 3.09. The van der Waals surface area contributed by atoms with E-state index in [2.05, 4.69) is 15.3 Å². The number of nitrogens with one attached hydrogen (secondary N) is 2. The Morgan fingerprint density at radius 2 is 1.91 bits per heavy atom. The second kappa shape index (κ2) is 10.6. The van der Waals surface area contributed by atoms with Crippen molar-refractivity contribution in [3.05, 3.63) is 17.6 Å². The quantitative estimate of drug-likeness (QED) is 0.590. The fraction of sp³-hybridized carbons (Fsp3) is 0.800. The van der Waals surface area contributed by atoms with Crippen molar-refractivity contribution in [3.63, 3.8) is 0 Å². The molecule has 1 aromatic rings. The van der Waals surface area contributed by atoms with Crippen molar-refractivity contribution in [2.75, 3.05) is 19.8 Å². The van der Waals surface area contributed by atoms with Crippen LogP contribution in [0.1, 0.15) is 62.6 Å². The normalized spacial score (nSPS) is 27.3. The van der Waals surface area contributed by atoms with Crippen LogP contribution in [0.15, 0.2) is 6.33 Å². The van der Waals surface area contributed by atoms with Crippen LogP contribution >= 0.6 is 0 Å². The predicted molar refractivity (Wildman–Crippen MR) is 112 cm³/mol. The van der Waals surface area contributed by atoms with Crippen molar-refractivity contribution in [3.8, 4) is 5.88 Å². The van der Waals surface area contributed by atoms with E-state index >= 15 is 0 Å². The van der Waals surface area contributed by atoms with Gasteiger partial charge in [0, 0.05) is 23.3 Å². The van der Waals surface area contributed by atoms with E-state index in [-0.39, 0.29) is 18.6 Å². The molecule has 1 aliphatic heterocycles. The molecule has 0 amide bonds. The molecule has 0 radical (unpaired) electrons. The molecule has 0 bridgehead atoms. The average molecular weight is 481 g/mol. The van der Waals surface area contributed by atoms with Gasteiger partial charge in [0.05, 0.1) is 19.3 Å². The maximum atomic E-state index is 12.8. The number of rotatable bonds is 8. The maximum Gasteiger partial charge on any atom is 0.511 e. The van der Waals surface area contributed by atoms with E-state index in [1.165, 1.54) is 6.33 Å². The van der Waals surface area contributed by atoms with Crippen LogP contribution in [0.4, 0.5) is 13.2 Å². The summed E-state index contributed by atoms with van der Waals surface area (Å²) in [5.41, 5.74) is -3.39. The van der Waals surface area contributed by atoms with Gasteiger partial charge in [-0.25, -0.2) is 23.1 Å². The van der Waals surface area contributed by atoms with Crippen LogP contribution in [-0.4, -0.2) is 61.8 Å². The number of hydrogen-bond donors (Lipinski definition) is 2. The zero-order chi connectivity index (χ0) is 23.4. The third-order valence-electron chi connectivity index (χ3n) is 6.12. The largest absolute Gasteiger partial charge is 0.511 e. The summed E-state index contributed by atoms with van der Waals surface area (Å²) in [5.74, 6) is 0.882. The number of nitrogens with zero attached hydrogens (tertiary/aromatic N) is 2. The molecule has 2 N–H and O–H groups in total. The third kappa shape index (κ3) is 6.09. The zero-order valence-electron chi connectivity index (χ0n) is 18.3. The highest BCUT2D eigenvalue weighted by molar-refractivity contribution is 7.90. The smallest absolute Gasteiger partial charge is 0.478 e. The number of ether oxygens (including phenoxy) is 2. The van der Waals surface area contributed by atoms with Gasteiger partial charge in [-0.05, 0) is 64.8 Å². The second-order valence-electron chi connectivity index (χ2n) is 8.29. The molecule has 12 heteroatoms. The van der Waals surface area contributed by atoms with Crippen LogP contribution in [0, 0.1) is 6.92 Å². The van der Waals surface area contributed by atoms with Crippen LogP contribution in [-0.2, 0) is 14.8 Å². The summed E-state index contributed by atoms with van der Waals surface area (Å²) in [6.07, 6.45) is 5.69. The Balaban J connectivity index is 1.54. The first kappa shape index (κ1) is 25.1. The Hall–Kier alpha value is -1.50. The van der Waals surface area contributed by atoms with Gasteiger partial charge in [-0.1, -0.05) is 0 Å². The lowest BCUT2D eigenvalue weighted by Crippen LogP contribution is -2.57. The molecular formula is C20H31F3N4O4S. The highest BCUT2D eigenvalue weighted by Gasteiger charge is 2.47. The number of piperidine rings is 1. The Bertz CT molecular complexity index is 861. The molecule has 8 nitrogen and oxygen atoms in total. The van der Waals surface area contributed by atoms with Gasteiger partial charge in [0.15, 0.2) is 0 Å². The molecule has 2 atom stereocenters. The summed E-state index contributed by atoms with van der Waals surface area (Å²) >= 11 is 0. The van der Waals surface area contributed by atoms with E-state index in [0.717, 1.165) is 36.9 Å². The third-order valence-corrected chi connectivity index (χ3v) is 7.34. The van der Waals surface area contributed by atoms with Gasteiger partial charge in [-0.2, -0.15) is 13.2 Å². The first-order valence-electron chi connectivity index (χ1n) is 11.0. The fourth-order valence-electron chi connectivity index (χ4n) is 4.48. The van der Waals surface area contributed by atoms with Crippen LogP contribution in [0.3, 0.4) is 0 Å². The average Bonchev–Trinajstić information content (AvgIpc) is 2.73. The van der Waals surface area contributed by atoms with Crippen LogP contribution < -0.4 is 14.8 Å². The fourth-order valence-corrected chi connectivity index (χ4v) is 5.29. The first-order valence-corrected chi connectivity index (χ1v) is 12.5. The summed E-state index contributed by atoms with van der Waals surface area (Å²) in [4.78, 5) is 8.57. The number of aryl methyl sites for hydroxylation is 1. The first-order chi connectivity index (χ1) is 15.1. The van der Waals surface area contributed by atoms with Crippen molar-refractivity contribution < 1.29 is 31.1 Å². The lowest BCUT2D eigenvalue weighted by atomic mass is 9.82. The van der Waals surface area contributed by atoms with Gasteiger partial charge in [0.2, 0.25) is 5.88 Å². The Kier molecular flexibility index (Phi) is 8.34. The van der Waals surface area contributed by atoms with E-state index in [1.807, 2.05) is 13.8 Å². The van der Waals surface area contributed by atoms with Gasteiger partial charge in [0.1, 0.15) is 6.33 Å². The van der Waals surface area contributed by atoms with Crippen LogP contribution in [0.2, 0.25) is 0 Å². The highest BCUT2D eigenvalue weighted by Crippen LogP contribution is 2.38. The molecule has 1 saturated carbocycles. The lowest BCUT2D eigenvalue weighted by Gasteiger charge is -2.35. The van der Waals surface area contributed by atoms with Crippen molar-refractivity contribution in [2.45, 2.75) is 82.0 Å². The second-order valence-corrected chi connectivity index (χ2v) is 10.00. The molecular weight excluding hydrogens is 449 g/mol. The van der Waals surface area contributed by atoms with E-state index in [4.69, 9.17) is 9.47 Å². The minimum absolute atomic E-state index is 0.0321. The number of alkyl halides is 3. The van der Waals surface area contributed by atoms with E-state index in [0.29, 0.717) is 31.9 Å². The molecule has 0 spiro atoms. The highest BCUT2D eigenvalue weighted by atomic mass is 32.2. The van der Waals surface area contributed by atoms with Gasteiger partial charge in [-0.3, -0.25) is 0 Å². The minimum Gasteiger partial charge on any atom is -0.478 e. The van der Waals surface area contributed by atoms with E-state index < -0.39 is 27.6 Å². The molecule has 2 aliphatic rings. The zero-order valence-corrected chi connectivity index (χ0v) is 19.1. The summed E-state index contributed by atoms with van der Waals surface area (Å²) in [6.45, 7) is 5.14. The number of hydrogen-bond acceptors (Lipinski definition) is 7. The summed E-state index contributed by atoms with van der Waals surface area (Å²) in [7, 11) is -5.39. The number of sulfonamides is 1. The Morgan fingerprint density at radius 1 is 1.19 bits per heavy atom. The standard InChI is InChI=1S/C20H31F3N4O4S/c1-3-30-19-18(13(2)25-12-26-19)14-6-8-15(9-7-14)31-11-17-16(5-4-10-24-17)27-32(28,29)20(21,22)23/h12,14-17,24,27H,3-11H2,1-2H3/t14-,15+,16-,17-/m0/s1. The molecule has 3 rings (SSSR count). The van der Waals surface area contributed by atoms with Crippen molar-refractivity contribution >= 4 is 10.0 Å². The molecule has 1 aliphatic carbocycles. The van der Waals surface area contributed by atoms with Gasteiger partial charge in [0.25, 0.3) is 0 Å². The van der Waals surface area contributed by atoms with Gasteiger partial charge < -0.3 is 14.8 Å². The topological polar surface area (TPSA) is 102 Å². The maximum absolute atomic E-state index is 12.8. The number of halogens is 3. The molecule has 182 valence electrons.